The molecule has 0 radical (unpaired) electrons. The number of hydrogen-bond donors (Lipinski definition) is 1. The Hall–Kier alpha value is -1.60. The number of thiazole rings is 1. The molecule has 2 atom stereocenters. The number of carbonyl (C=O) groups excluding carboxylic acids is 4. The van der Waals surface area contributed by atoms with Crippen LogP contribution in [0, 0.1) is 0 Å². The van der Waals surface area contributed by atoms with Crippen LogP contribution in [-0.2, 0) is 37.4 Å². The zero-order valence-corrected chi connectivity index (χ0v) is 20.6. The molecule has 1 unspecified atom stereocenters. The van der Waals surface area contributed by atoms with Gasteiger partial charge in [-0.1, -0.05) is 0 Å². The van der Waals surface area contributed by atoms with Crippen LogP contribution in [0.2, 0.25) is 0 Å². The first kappa shape index (κ1) is 24.7. The Balaban J connectivity index is 0.00000320. The van der Waals surface area contributed by atoms with E-state index >= 15 is 0 Å². The predicted octanol–water partition coefficient (Wildman–Crippen LogP) is -4.87. The molecule has 13 heteroatoms. The van der Waals surface area contributed by atoms with Gasteiger partial charge >= 0.3 is 35.5 Å². The van der Waals surface area contributed by atoms with Gasteiger partial charge in [0.05, 0.1) is 18.1 Å². The van der Waals surface area contributed by atoms with Gasteiger partial charge in [0, 0.05) is 43.4 Å². The molecule has 0 bridgehead atoms. The summed E-state index contributed by atoms with van der Waals surface area (Å²) in [6.07, 6.45) is 0.0740. The van der Waals surface area contributed by atoms with Gasteiger partial charge < -0.3 is 24.5 Å². The second-order valence-electron chi connectivity index (χ2n) is 6.44. The fourth-order valence-corrected chi connectivity index (χ4v) is 5.32. The second-order valence-corrected chi connectivity index (χ2v) is 8.39. The summed E-state index contributed by atoms with van der Waals surface area (Å²) in [5.74, 6) is -2.70. The summed E-state index contributed by atoms with van der Waals surface area (Å²) in [5, 5.41) is 15.5. The monoisotopic (exact) mass is 462 g/mol. The molecule has 1 N–H and O–H groups in total. The molecule has 2 amide bonds. The van der Waals surface area contributed by atoms with Crippen LogP contribution in [0.1, 0.15) is 12.6 Å². The number of aromatic nitrogens is 1. The van der Waals surface area contributed by atoms with E-state index in [-0.39, 0.29) is 59.9 Å². The minimum Gasteiger partial charge on any atom is -0.543 e. The smallest absolute Gasteiger partial charge is 0.543 e. The number of carboxylic acids is 1. The van der Waals surface area contributed by atoms with Crippen LogP contribution >= 0.6 is 23.1 Å². The maximum Gasteiger partial charge on any atom is 1.00 e. The average Bonchev–Trinajstić information content (AvgIpc) is 3.02. The van der Waals surface area contributed by atoms with Crippen LogP contribution in [0.15, 0.2) is 21.6 Å². The molecule has 3 heterocycles. The van der Waals surface area contributed by atoms with E-state index in [0.717, 1.165) is 15.4 Å². The Morgan fingerprint density at radius 1 is 1.40 bits per heavy atom. The van der Waals surface area contributed by atoms with Crippen LogP contribution in [0.5, 0.6) is 0 Å². The van der Waals surface area contributed by atoms with Gasteiger partial charge in [0.1, 0.15) is 18.0 Å². The van der Waals surface area contributed by atoms with Crippen LogP contribution in [0.4, 0.5) is 0 Å². The second kappa shape index (κ2) is 10.1. The zero-order chi connectivity index (χ0) is 21.3. The molecule has 0 aliphatic carbocycles. The quantitative estimate of drug-likeness (QED) is 0.255. The standard InChI is InChI=1S/C17H20N4O6S2.Na/c1-8(22)27-5-9-6-28-15-12(14(24)21(15)13(9)16(25)26)19-11(23)4-10-7-29-17(18-2)20(10)3;/h7,12,15H,4-6H2,1-3H3,(H,19,23)(H,25,26);/q;+1/p-1/t12?,15-;/m1./s1. The number of carbonyl (C=O) groups is 4. The summed E-state index contributed by atoms with van der Waals surface area (Å²) in [6, 6.07) is -0.823. The minimum absolute atomic E-state index is 0. The maximum absolute atomic E-state index is 12.5. The molecule has 2 aliphatic rings. The number of esters is 1. The first-order chi connectivity index (χ1) is 13.7. The molecule has 10 nitrogen and oxygen atoms in total. The number of fused-ring (bicyclic) bond motifs is 1. The number of carboxylic acid groups (broad SMARTS) is 1. The number of rotatable bonds is 6. The van der Waals surface area contributed by atoms with Gasteiger partial charge in [-0.05, 0) is 0 Å². The van der Waals surface area contributed by atoms with Gasteiger partial charge in [-0.25, -0.2) is 0 Å². The van der Waals surface area contributed by atoms with Crippen molar-refractivity contribution >= 4 is 46.9 Å². The summed E-state index contributed by atoms with van der Waals surface area (Å²) < 4.78 is 6.67. The summed E-state index contributed by atoms with van der Waals surface area (Å²) in [4.78, 5) is 53.5. The van der Waals surface area contributed by atoms with Crippen molar-refractivity contribution in [1.29, 1.82) is 0 Å². The predicted molar refractivity (Wildman–Crippen MR) is 102 cm³/mol. The van der Waals surface area contributed by atoms with E-state index in [1.54, 1.807) is 18.7 Å². The Labute approximate surface area is 202 Å². The Kier molecular flexibility index (Phi) is 8.34. The number of aliphatic carboxylic acids is 1. The molecule has 0 saturated carbocycles. The molecule has 1 fully saturated rings. The Morgan fingerprint density at radius 2 is 2.10 bits per heavy atom. The zero-order valence-electron chi connectivity index (χ0n) is 17.0. The molecule has 1 saturated heterocycles. The average molecular weight is 462 g/mol. The van der Waals surface area contributed by atoms with Crippen molar-refractivity contribution in [2.24, 2.45) is 12.0 Å². The Bertz CT molecular complexity index is 985. The van der Waals surface area contributed by atoms with Gasteiger partial charge in [0.2, 0.25) is 5.91 Å². The van der Waals surface area contributed by atoms with E-state index in [0.29, 0.717) is 5.57 Å². The molecule has 1 aromatic rings. The molecule has 30 heavy (non-hydrogen) atoms. The first-order valence-corrected chi connectivity index (χ1v) is 10.5. The van der Waals surface area contributed by atoms with Crippen LogP contribution < -0.4 is 44.8 Å². The molecular formula is C17H19N4NaO6S2. The van der Waals surface area contributed by atoms with Crippen LogP contribution in [0.3, 0.4) is 0 Å². The minimum atomic E-state index is -1.52. The van der Waals surface area contributed by atoms with E-state index in [9.17, 15) is 24.3 Å². The normalized spacial score (nSPS) is 20.8. The molecule has 0 aromatic carbocycles. The van der Waals surface area contributed by atoms with E-state index in [4.69, 9.17) is 4.74 Å². The fourth-order valence-electron chi connectivity index (χ4n) is 3.13. The fraction of sp³-hybridized carbons (Fsp3) is 0.471. The van der Waals surface area contributed by atoms with Crippen molar-refractivity contribution in [3.05, 3.63) is 27.1 Å². The van der Waals surface area contributed by atoms with Crippen molar-refractivity contribution in [3.8, 4) is 0 Å². The van der Waals surface area contributed by atoms with Crippen molar-refractivity contribution in [2.45, 2.75) is 24.8 Å². The third-order valence-corrected chi connectivity index (χ3v) is 6.95. The van der Waals surface area contributed by atoms with Gasteiger partial charge in [-0.3, -0.25) is 24.3 Å². The molecule has 2 aliphatic heterocycles. The van der Waals surface area contributed by atoms with E-state index in [1.165, 1.54) is 30.0 Å². The molecule has 0 spiro atoms. The molecule has 156 valence electrons. The maximum atomic E-state index is 12.5. The van der Waals surface area contributed by atoms with E-state index < -0.39 is 29.3 Å². The van der Waals surface area contributed by atoms with E-state index in [2.05, 4.69) is 10.3 Å². The summed E-state index contributed by atoms with van der Waals surface area (Å²) >= 11 is 2.71. The molecule has 1 aromatic heterocycles. The number of thioether (sulfide) groups is 1. The number of amides is 2. The van der Waals surface area contributed by atoms with Crippen molar-refractivity contribution in [3.63, 3.8) is 0 Å². The van der Waals surface area contributed by atoms with Gasteiger partial charge in [0.25, 0.3) is 5.91 Å². The van der Waals surface area contributed by atoms with Crippen molar-refractivity contribution in [1.82, 2.24) is 14.8 Å². The van der Waals surface area contributed by atoms with Crippen molar-refractivity contribution < 1.29 is 58.6 Å². The number of nitrogens with one attached hydrogen (secondary N) is 1. The van der Waals surface area contributed by atoms with Gasteiger partial charge in [-0.15, -0.1) is 23.1 Å². The molecule has 3 rings (SSSR count). The van der Waals surface area contributed by atoms with Crippen LogP contribution in [0.25, 0.3) is 0 Å². The van der Waals surface area contributed by atoms with E-state index in [1.807, 2.05) is 5.38 Å². The SMILES string of the molecule is CN=c1scc(CC(=O)NC2C(=O)N3C(C(=O)[O-])=C(COC(C)=O)CS[C@H]23)n1C.[Na+]. The molecular weight excluding hydrogens is 443 g/mol. The number of β-lactam (4-membered cyclic amide) rings is 1. The number of ether oxygens (including phenoxy) is 1. The summed E-state index contributed by atoms with van der Waals surface area (Å²) in [7, 11) is 3.46. The van der Waals surface area contributed by atoms with Crippen molar-refractivity contribution in [2.75, 3.05) is 19.4 Å². The largest absolute Gasteiger partial charge is 1.00 e. The first-order valence-electron chi connectivity index (χ1n) is 8.61. The van der Waals surface area contributed by atoms with Gasteiger partial charge in [-0.2, -0.15) is 0 Å². The number of nitrogens with zero attached hydrogens (tertiary/aromatic N) is 3. The third kappa shape index (κ3) is 4.83. The van der Waals surface area contributed by atoms with Crippen LogP contribution in [-0.4, -0.2) is 64.0 Å². The summed E-state index contributed by atoms with van der Waals surface area (Å²) in [5.41, 5.74) is 0.761. The summed E-state index contributed by atoms with van der Waals surface area (Å²) in [6.45, 7) is 0.988. The number of hydrogen-bond acceptors (Lipinski definition) is 9. The van der Waals surface area contributed by atoms with Gasteiger partial charge in [0.15, 0.2) is 4.80 Å². The topological polar surface area (TPSA) is 133 Å². The third-order valence-electron chi connectivity index (χ3n) is 4.56. The Morgan fingerprint density at radius 3 is 2.67 bits per heavy atom.